The van der Waals surface area contributed by atoms with Crippen molar-refractivity contribution in [1.29, 1.82) is 0 Å². The number of carbonyl (C=O) groups excluding carboxylic acids is 4. The molecule has 4 aromatic heterocycles. The predicted molar refractivity (Wildman–Crippen MR) is 235 cm³/mol. The van der Waals surface area contributed by atoms with Crippen molar-refractivity contribution in [2.75, 3.05) is 49.6 Å². The summed E-state index contributed by atoms with van der Waals surface area (Å²) in [6.07, 6.45) is 10.0. The molecule has 6 aromatic rings. The van der Waals surface area contributed by atoms with Crippen molar-refractivity contribution < 1.29 is 28.7 Å². The van der Waals surface area contributed by atoms with Crippen LogP contribution in [0.2, 0.25) is 0 Å². The van der Waals surface area contributed by atoms with E-state index in [0.717, 1.165) is 48.2 Å². The Morgan fingerprint density at radius 2 is 1.16 bits per heavy atom. The number of hydrogen-bond acceptors (Lipinski definition) is 12. The summed E-state index contributed by atoms with van der Waals surface area (Å²) in [6, 6.07) is 18.4. The van der Waals surface area contributed by atoms with Crippen LogP contribution >= 0.6 is 0 Å². The first-order valence-electron chi connectivity index (χ1n) is 19.9. The van der Waals surface area contributed by atoms with Crippen LogP contribution in [-0.2, 0) is 23.7 Å². The maximum Gasteiger partial charge on any atom is 0.254 e. The fraction of sp³-hybridized carbons (Fsp3) is 0.273. The number of rotatable bonds is 14. The second-order valence-electron chi connectivity index (χ2n) is 14.7. The molecule has 8 rings (SSSR count). The highest BCUT2D eigenvalue weighted by Gasteiger charge is 2.31. The van der Waals surface area contributed by atoms with Gasteiger partial charge in [-0.2, -0.15) is 10.2 Å². The Bertz CT molecular complexity index is 2630. The molecule has 2 aliphatic carbocycles. The van der Waals surface area contributed by atoms with Crippen LogP contribution in [0.15, 0.2) is 85.5 Å². The number of methoxy groups -OCH3 is 2. The summed E-state index contributed by atoms with van der Waals surface area (Å²) in [5.41, 5.74) is 6.32. The normalized spacial score (nSPS) is 12.9. The van der Waals surface area contributed by atoms with E-state index in [1.54, 1.807) is 56.0 Å². The van der Waals surface area contributed by atoms with Crippen LogP contribution in [0.5, 0.6) is 11.5 Å². The van der Waals surface area contributed by atoms with Crippen LogP contribution in [-0.4, -0.2) is 81.5 Å². The smallest absolute Gasteiger partial charge is 0.254 e. The Balaban J connectivity index is 0.000000186. The minimum atomic E-state index is -0.296. The van der Waals surface area contributed by atoms with E-state index < -0.39 is 0 Å². The van der Waals surface area contributed by atoms with Gasteiger partial charge in [-0.05, 0) is 62.1 Å². The molecule has 0 bridgehead atoms. The maximum atomic E-state index is 12.4. The number of nitrogens with one attached hydrogen (secondary N) is 6. The van der Waals surface area contributed by atoms with Gasteiger partial charge in [-0.15, -0.1) is 0 Å². The highest BCUT2D eigenvalue weighted by molar-refractivity contribution is 6.03. The van der Waals surface area contributed by atoms with Gasteiger partial charge in [0.15, 0.2) is 11.5 Å². The Labute approximate surface area is 357 Å². The van der Waals surface area contributed by atoms with E-state index in [2.05, 4.69) is 52.1 Å². The summed E-state index contributed by atoms with van der Waals surface area (Å²) in [4.78, 5) is 57.6. The molecule has 18 nitrogen and oxygen atoms in total. The van der Waals surface area contributed by atoms with Gasteiger partial charge in [-0.3, -0.25) is 28.5 Å². The molecular formula is C44H48N12O6. The van der Waals surface area contributed by atoms with E-state index in [-0.39, 0.29) is 35.5 Å². The fourth-order valence-electron chi connectivity index (χ4n) is 6.63. The summed E-state index contributed by atoms with van der Waals surface area (Å²) >= 11 is 0. The quantitative estimate of drug-likeness (QED) is 0.0757. The van der Waals surface area contributed by atoms with E-state index in [0.29, 0.717) is 57.0 Å². The van der Waals surface area contributed by atoms with Crippen molar-refractivity contribution in [1.82, 2.24) is 40.2 Å². The third-order valence-electron chi connectivity index (χ3n) is 10.2. The lowest BCUT2D eigenvalue weighted by molar-refractivity contribution is -0.118. The number of amides is 4. The maximum absolute atomic E-state index is 12.4. The first-order chi connectivity index (χ1) is 30.0. The SMILES string of the molecule is CNC(=O)c1cnc(NC(=O)C2CC2)cc1Nc1cccc(-c2ccn(C)n2)c1OC.CNC(=O)c1cnc(NC(=O)C2CC2)cc1Nc1cccc(-c2ccnn2C)c1OC. The van der Waals surface area contributed by atoms with Crippen LogP contribution in [0.4, 0.5) is 34.4 Å². The molecular weight excluding hydrogens is 793 g/mol. The molecule has 62 heavy (non-hydrogen) atoms. The minimum Gasteiger partial charge on any atom is -0.494 e. The first kappa shape index (κ1) is 42.4. The number of carbonyl (C=O) groups is 4. The third kappa shape index (κ3) is 9.65. The number of nitrogens with zero attached hydrogens (tertiary/aromatic N) is 6. The number of ether oxygens (including phenoxy) is 2. The van der Waals surface area contributed by atoms with E-state index in [1.165, 1.54) is 12.4 Å². The highest BCUT2D eigenvalue weighted by Crippen LogP contribution is 2.40. The van der Waals surface area contributed by atoms with Crippen LogP contribution in [0.1, 0.15) is 46.4 Å². The van der Waals surface area contributed by atoms with Crippen molar-refractivity contribution in [3.63, 3.8) is 0 Å². The number of benzene rings is 2. The zero-order valence-electron chi connectivity index (χ0n) is 35.2. The lowest BCUT2D eigenvalue weighted by atomic mass is 10.1. The van der Waals surface area contributed by atoms with Crippen LogP contribution in [0.3, 0.4) is 0 Å². The number of aryl methyl sites for hydroxylation is 2. The van der Waals surface area contributed by atoms with Gasteiger partial charge in [0.05, 0.1) is 59.5 Å². The lowest BCUT2D eigenvalue weighted by Crippen LogP contribution is -2.20. The monoisotopic (exact) mass is 840 g/mol. The van der Waals surface area contributed by atoms with Crippen molar-refractivity contribution >= 4 is 58.0 Å². The molecule has 2 fully saturated rings. The van der Waals surface area contributed by atoms with Crippen LogP contribution in [0, 0.1) is 11.8 Å². The van der Waals surface area contributed by atoms with E-state index in [1.807, 2.05) is 68.8 Å². The molecule has 320 valence electrons. The van der Waals surface area contributed by atoms with Gasteiger partial charge in [-0.1, -0.05) is 12.1 Å². The van der Waals surface area contributed by atoms with E-state index >= 15 is 0 Å². The standard InChI is InChI=1S/2C22H24N6O3/c1-23-22(30)15-12-24-19(26-21(29)13-7-8-13)11-18(15)25-17-6-4-5-14(20(17)31-3)16-9-10-28(2)27-16;1-23-22(30)15-12-24-19(27-21(29)13-7-8-13)11-17(15)26-16-6-4-5-14(20(16)31-3)18-9-10-25-28(18)2/h4-6,9-13H,7-8H2,1-3H3,(H,23,30)(H2,24,25,26,29);4-6,9-13H,7-8H2,1-3H3,(H,23,30)(H2,24,26,27,29). The highest BCUT2D eigenvalue weighted by atomic mass is 16.5. The number of hydrogen-bond donors (Lipinski definition) is 6. The molecule has 0 radical (unpaired) electrons. The van der Waals surface area contributed by atoms with Gasteiger partial charge in [-0.25, -0.2) is 9.97 Å². The van der Waals surface area contributed by atoms with Gasteiger partial charge in [0.25, 0.3) is 11.8 Å². The molecule has 0 saturated heterocycles. The summed E-state index contributed by atoms with van der Waals surface area (Å²) in [5, 5.41) is 26.1. The topological polar surface area (TPSA) is 220 Å². The largest absolute Gasteiger partial charge is 0.494 e. The number of para-hydroxylation sites is 2. The first-order valence-corrected chi connectivity index (χ1v) is 19.9. The van der Waals surface area contributed by atoms with Crippen molar-refractivity contribution in [2.24, 2.45) is 25.9 Å². The second kappa shape index (κ2) is 18.7. The van der Waals surface area contributed by atoms with Crippen molar-refractivity contribution in [2.45, 2.75) is 25.7 Å². The predicted octanol–water partition coefficient (Wildman–Crippen LogP) is 5.88. The number of aromatic nitrogens is 6. The van der Waals surface area contributed by atoms with Gasteiger partial charge < -0.3 is 41.4 Å². The van der Waals surface area contributed by atoms with Crippen LogP contribution in [0.25, 0.3) is 22.5 Å². The molecule has 2 aliphatic rings. The van der Waals surface area contributed by atoms with Crippen molar-refractivity contribution in [3.05, 3.63) is 96.6 Å². The zero-order valence-corrected chi connectivity index (χ0v) is 35.2. The van der Waals surface area contributed by atoms with E-state index in [4.69, 9.17) is 9.47 Å². The zero-order chi connectivity index (χ0) is 43.9. The molecule has 6 N–H and O–H groups in total. The summed E-state index contributed by atoms with van der Waals surface area (Å²) in [5.74, 6) is 1.36. The molecule has 0 atom stereocenters. The Morgan fingerprint density at radius 1 is 0.661 bits per heavy atom. The van der Waals surface area contributed by atoms with Gasteiger partial charge >= 0.3 is 0 Å². The van der Waals surface area contributed by atoms with Crippen LogP contribution < -0.4 is 41.4 Å². The summed E-state index contributed by atoms with van der Waals surface area (Å²) < 4.78 is 14.9. The molecule has 4 amide bonds. The third-order valence-corrected chi connectivity index (χ3v) is 10.2. The van der Waals surface area contributed by atoms with Gasteiger partial charge in [0, 0.05) is 88.1 Å². The van der Waals surface area contributed by atoms with Gasteiger partial charge in [0.2, 0.25) is 11.8 Å². The average Bonchev–Trinajstić information content (AvgIpc) is 4.22. The Hall–Kier alpha value is -7.76. The van der Waals surface area contributed by atoms with Gasteiger partial charge in [0.1, 0.15) is 11.6 Å². The van der Waals surface area contributed by atoms with Crippen molar-refractivity contribution in [3.8, 4) is 34.0 Å². The van der Waals surface area contributed by atoms with E-state index in [9.17, 15) is 19.2 Å². The lowest BCUT2D eigenvalue weighted by Gasteiger charge is -2.17. The molecule has 18 heteroatoms. The Morgan fingerprint density at radius 3 is 1.58 bits per heavy atom. The fourth-order valence-corrected chi connectivity index (χ4v) is 6.63. The Kier molecular flexibility index (Phi) is 12.8. The number of pyridine rings is 2. The summed E-state index contributed by atoms with van der Waals surface area (Å²) in [6.45, 7) is 0. The molecule has 2 aromatic carbocycles. The second-order valence-corrected chi connectivity index (χ2v) is 14.7. The molecule has 0 unspecified atom stereocenters. The molecule has 4 heterocycles. The summed E-state index contributed by atoms with van der Waals surface area (Å²) in [7, 11) is 9.99. The average molecular weight is 841 g/mol. The molecule has 0 spiro atoms. The molecule has 2 saturated carbocycles. The molecule has 0 aliphatic heterocycles. The minimum absolute atomic E-state index is 0.0481. The number of anilines is 6.